The van der Waals surface area contributed by atoms with Crippen LogP contribution in [0.5, 0.6) is 0 Å². The molecule has 0 aliphatic heterocycles. The fourth-order valence-corrected chi connectivity index (χ4v) is 3.45. The lowest BCUT2D eigenvalue weighted by Crippen LogP contribution is -2.57. The highest BCUT2D eigenvalue weighted by atomic mass is 16.5. The van der Waals surface area contributed by atoms with E-state index in [0.717, 1.165) is 31.5 Å². The van der Waals surface area contributed by atoms with Crippen LogP contribution in [0.3, 0.4) is 0 Å². The average Bonchev–Trinajstić information content (AvgIpc) is 2.87. The number of imidazole rings is 1. The lowest BCUT2D eigenvalue weighted by Gasteiger charge is -2.46. The number of hydrazine groups is 1. The molecular weight excluding hydrogens is 264 g/mol. The molecule has 0 radical (unpaired) electrons. The van der Waals surface area contributed by atoms with E-state index in [2.05, 4.69) is 28.8 Å². The van der Waals surface area contributed by atoms with Crippen LogP contribution >= 0.6 is 0 Å². The van der Waals surface area contributed by atoms with Crippen LogP contribution in [0.2, 0.25) is 0 Å². The van der Waals surface area contributed by atoms with Gasteiger partial charge in [0.15, 0.2) is 0 Å². The van der Waals surface area contributed by atoms with Crippen molar-refractivity contribution in [2.75, 3.05) is 7.11 Å². The lowest BCUT2D eigenvalue weighted by atomic mass is 9.68. The fourth-order valence-electron chi connectivity index (χ4n) is 3.45. The average molecular weight is 294 g/mol. The van der Waals surface area contributed by atoms with Crippen molar-refractivity contribution in [3.63, 3.8) is 0 Å². The number of nitrogens with zero attached hydrogens (tertiary/aromatic N) is 2. The number of methoxy groups -OCH3 is 1. The van der Waals surface area contributed by atoms with Crippen LogP contribution in [0.4, 0.5) is 0 Å². The number of aryl methyl sites for hydroxylation is 2. The zero-order valence-electron chi connectivity index (χ0n) is 13.9. The zero-order chi connectivity index (χ0) is 15.5. The maximum Gasteiger partial charge on any atom is 0.108 e. The molecule has 1 fully saturated rings. The van der Waals surface area contributed by atoms with Gasteiger partial charge in [-0.2, -0.15) is 0 Å². The molecule has 1 aliphatic carbocycles. The number of hydrogen-bond acceptors (Lipinski definition) is 4. The normalized spacial score (nSPS) is 22.1. The van der Waals surface area contributed by atoms with Crippen molar-refractivity contribution >= 4 is 0 Å². The molecular formula is C16H30N4O. The van der Waals surface area contributed by atoms with Crippen molar-refractivity contribution < 1.29 is 4.74 Å². The second-order valence-corrected chi connectivity index (χ2v) is 7.15. The van der Waals surface area contributed by atoms with E-state index in [1.165, 1.54) is 12.8 Å². The Balaban J connectivity index is 2.02. The smallest absolute Gasteiger partial charge is 0.108 e. The summed E-state index contributed by atoms with van der Waals surface area (Å²) in [6, 6.07) is 0.162. The van der Waals surface area contributed by atoms with Crippen LogP contribution < -0.4 is 11.3 Å². The largest absolute Gasteiger partial charge is 0.377 e. The minimum Gasteiger partial charge on any atom is -0.377 e. The summed E-state index contributed by atoms with van der Waals surface area (Å²) < 4.78 is 8.02. The summed E-state index contributed by atoms with van der Waals surface area (Å²) in [5.74, 6) is 6.95. The van der Waals surface area contributed by atoms with Gasteiger partial charge < -0.3 is 9.30 Å². The standard InChI is InChI=1S/C16H30N4O/c1-15(2)7-9-16(21-4,10-8-15)13(19-17)5-6-14-18-11-12-20(14)3/h11-13,19H,5-10,17H2,1-4H3. The van der Waals surface area contributed by atoms with E-state index in [9.17, 15) is 0 Å². The summed E-state index contributed by atoms with van der Waals surface area (Å²) in [6.45, 7) is 4.68. The summed E-state index contributed by atoms with van der Waals surface area (Å²) in [4.78, 5) is 4.39. The molecule has 120 valence electrons. The number of ether oxygens (including phenoxy) is 1. The maximum absolute atomic E-state index is 5.96. The third kappa shape index (κ3) is 3.65. The molecule has 0 aromatic carbocycles. The number of nitrogens with two attached hydrogens (primary N) is 1. The molecule has 1 aliphatic rings. The predicted octanol–water partition coefficient (Wildman–Crippen LogP) is 2.17. The maximum atomic E-state index is 5.96. The SMILES string of the molecule is COC1(C(CCc2nccn2C)NN)CCC(C)(C)CC1. The Morgan fingerprint density at radius 1 is 1.38 bits per heavy atom. The first-order valence-electron chi connectivity index (χ1n) is 7.90. The van der Waals surface area contributed by atoms with Gasteiger partial charge in [0.2, 0.25) is 0 Å². The molecule has 0 saturated heterocycles. The predicted molar refractivity (Wildman–Crippen MR) is 84.6 cm³/mol. The highest BCUT2D eigenvalue weighted by Crippen LogP contribution is 2.43. The fraction of sp³-hybridized carbons (Fsp3) is 0.812. The number of rotatable bonds is 6. The Labute approximate surface area is 128 Å². The lowest BCUT2D eigenvalue weighted by molar-refractivity contribution is -0.0879. The quantitative estimate of drug-likeness (QED) is 0.623. The first-order valence-corrected chi connectivity index (χ1v) is 7.90. The zero-order valence-corrected chi connectivity index (χ0v) is 13.9. The highest BCUT2D eigenvalue weighted by Gasteiger charge is 2.43. The van der Waals surface area contributed by atoms with Gasteiger partial charge in [0.1, 0.15) is 5.82 Å². The molecule has 21 heavy (non-hydrogen) atoms. The summed E-state index contributed by atoms with van der Waals surface area (Å²) in [6.07, 6.45) is 10.2. The van der Waals surface area contributed by atoms with E-state index in [1.807, 2.05) is 26.6 Å². The van der Waals surface area contributed by atoms with Gasteiger partial charge >= 0.3 is 0 Å². The minimum absolute atomic E-state index is 0.143. The van der Waals surface area contributed by atoms with Crippen LogP contribution in [0.15, 0.2) is 12.4 Å². The van der Waals surface area contributed by atoms with E-state index in [-0.39, 0.29) is 11.6 Å². The molecule has 0 amide bonds. The van der Waals surface area contributed by atoms with E-state index in [4.69, 9.17) is 10.6 Å². The molecule has 1 unspecified atom stereocenters. The first kappa shape index (κ1) is 16.5. The summed E-state index contributed by atoms with van der Waals surface area (Å²) in [5, 5.41) is 0. The molecule has 3 N–H and O–H groups in total. The van der Waals surface area contributed by atoms with Gasteiger partial charge in [-0.1, -0.05) is 13.8 Å². The third-order valence-corrected chi connectivity index (χ3v) is 5.27. The number of nitrogens with one attached hydrogen (secondary N) is 1. The van der Waals surface area contributed by atoms with Crippen molar-refractivity contribution in [1.82, 2.24) is 15.0 Å². The van der Waals surface area contributed by atoms with Crippen LogP contribution in [0.25, 0.3) is 0 Å². The molecule has 0 bridgehead atoms. The Morgan fingerprint density at radius 2 is 2.05 bits per heavy atom. The van der Waals surface area contributed by atoms with Crippen LogP contribution in [0.1, 0.15) is 51.8 Å². The molecule has 1 aromatic heterocycles. The van der Waals surface area contributed by atoms with Crippen LogP contribution in [0, 0.1) is 5.41 Å². The van der Waals surface area contributed by atoms with Gasteiger partial charge in [-0.05, 0) is 37.5 Å². The number of aromatic nitrogens is 2. The Hall–Kier alpha value is -0.910. The van der Waals surface area contributed by atoms with Gasteiger partial charge in [-0.3, -0.25) is 11.3 Å². The van der Waals surface area contributed by atoms with Crippen molar-refractivity contribution in [3.05, 3.63) is 18.2 Å². The molecule has 0 spiro atoms. The molecule has 2 rings (SSSR count). The second-order valence-electron chi connectivity index (χ2n) is 7.15. The van der Waals surface area contributed by atoms with Gasteiger partial charge in [0.25, 0.3) is 0 Å². The van der Waals surface area contributed by atoms with E-state index >= 15 is 0 Å². The van der Waals surface area contributed by atoms with Crippen molar-refractivity contribution in [2.45, 2.75) is 64.0 Å². The van der Waals surface area contributed by atoms with Gasteiger partial charge in [-0.25, -0.2) is 4.98 Å². The van der Waals surface area contributed by atoms with E-state index in [1.54, 1.807) is 0 Å². The Morgan fingerprint density at radius 3 is 2.52 bits per heavy atom. The molecule has 5 heteroatoms. The summed E-state index contributed by atoms with van der Waals surface area (Å²) >= 11 is 0. The highest BCUT2D eigenvalue weighted by molar-refractivity contribution is 5.00. The van der Waals surface area contributed by atoms with Crippen LogP contribution in [-0.4, -0.2) is 28.3 Å². The minimum atomic E-state index is -0.143. The molecule has 1 aromatic rings. The molecule has 1 saturated carbocycles. The summed E-state index contributed by atoms with van der Waals surface area (Å²) in [5.41, 5.74) is 3.28. The molecule has 5 nitrogen and oxygen atoms in total. The van der Waals surface area contributed by atoms with Crippen molar-refractivity contribution in [3.8, 4) is 0 Å². The van der Waals surface area contributed by atoms with Gasteiger partial charge in [0, 0.05) is 33.0 Å². The number of hydrogen-bond donors (Lipinski definition) is 2. The van der Waals surface area contributed by atoms with Gasteiger partial charge in [0.05, 0.1) is 11.6 Å². The van der Waals surface area contributed by atoms with E-state index in [0.29, 0.717) is 5.41 Å². The Bertz CT molecular complexity index is 445. The topological polar surface area (TPSA) is 65.1 Å². The molecule has 1 heterocycles. The monoisotopic (exact) mass is 294 g/mol. The molecule has 1 atom stereocenters. The summed E-state index contributed by atoms with van der Waals surface area (Å²) in [7, 11) is 3.85. The van der Waals surface area contributed by atoms with Crippen molar-refractivity contribution in [2.24, 2.45) is 18.3 Å². The Kier molecular flexibility index (Phi) is 5.07. The van der Waals surface area contributed by atoms with E-state index < -0.39 is 0 Å². The van der Waals surface area contributed by atoms with Gasteiger partial charge in [-0.15, -0.1) is 0 Å². The van der Waals surface area contributed by atoms with Crippen molar-refractivity contribution in [1.29, 1.82) is 0 Å². The third-order valence-electron chi connectivity index (χ3n) is 5.27. The first-order chi connectivity index (χ1) is 9.92. The van der Waals surface area contributed by atoms with Crippen LogP contribution in [-0.2, 0) is 18.2 Å². The second kappa shape index (κ2) is 6.46.